The summed E-state index contributed by atoms with van der Waals surface area (Å²) in [6.07, 6.45) is 14.9. The number of hydrogen-bond donors (Lipinski definition) is 0. The van der Waals surface area contributed by atoms with Crippen molar-refractivity contribution in [2.24, 2.45) is 0 Å². The van der Waals surface area contributed by atoms with Crippen molar-refractivity contribution in [3.05, 3.63) is 0 Å². The van der Waals surface area contributed by atoms with Crippen molar-refractivity contribution in [1.82, 2.24) is 0 Å². The Balaban J connectivity index is 3.83. The normalized spacial score (nSPS) is 11.6. The molecule has 0 amide bonds. The van der Waals surface area contributed by atoms with E-state index < -0.39 is 0 Å². The molecular formula is C14H32P2. The smallest absolute Gasteiger partial charge is 0.0286 e. The molecule has 0 fully saturated rings. The fourth-order valence-corrected chi connectivity index (χ4v) is 8.35. The van der Waals surface area contributed by atoms with Gasteiger partial charge >= 0.3 is 0 Å². The molecule has 0 nitrogen and oxygen atoms in total. The maximum Gasteiger partial charge on any atom is -0.0286 e. The van der Waals surface area contributed by atoms with Crippen LogP contribution in [0.25, 0.3) is 0 Å². The molecule has 0 bridgehead atoms. The van der Waals surface area contributed by atoms with Crippen LogP contribution in [0.1, 0.15) is 53.4 Å². The Bertz CT molecular complexity index is 109. The predicted octanol–water partition coefficient (Wildman–Crippen LogP) is 5.59. The van der Waals surface area contributed by atoms with Gasteiger partial charge in [0.05, 0.1) is 0 Å². The summed E-state index contributed by atoms with van der Waals surface area (Å²) >= 11 is 0. The Morgan fingerprint density at radius 2 is 0.688 bits per heavy atom. The first-order valence-electron chi connectivity index (χ1n) is 7.23. The molecule has 0 aromatic heterocycles. The van der Waals surface area contributed by atoms with Gasteiger partial charge in [-0.1, -0.05) is 53.4 Å². The molecule has 2 heteroatoms. The van der Waals surface area contributed by atoms with Gasteiger partial charge in [0.25, 0.3) is 0 Å². The molecule has 0 aliphatic rings. The Hall–Kier alpha value is 0.860. The van der Waals surface area contributed by atoms with Crippen LogP contribution in [0.2, 0.25) is 0 Å². The zero-order chi connectivity index (χ0) is 12.2. The predicted molar refractivity (Wildman–Crippen MR) is 84.2 cm³/mol. The van der Waals surface area contributed by atoms with E-state index in [1.54, 1.807) is 12.3 Å². The van der Waals surface area contributed by atoms with Gasteiger partial charge in [0, 0.05) is 0 Å². The monoisotopic (exact) mass is 262 g/mol. The van der Waals surface area contributed by atoms with Crippen LogP contribution in [-0.4, -0.2) is 37.0 Å². The van der Waals surface area contributed by atoms with Crippen molar-refractivity contribution < 1.29 is 0 Å². The molecule has 0 aliphatic heterocycles. The summed E-state index contributed by atoms with van der Waals surface area (Å²) in [6.45, 7) is 9.41. The van der Waals surface area contributed by atoms with Gasteiger partial charge in [-0.25, -0.2) is 0 Å². The minimum Gasteiger partial charge on any atom is -0.106 e. The molecule has 0 saturated carbocycles. The molecule has 0 aromatic carbocycles. The average Bonchev–Trinajstić information content (AvgIpc) is 2.27. The van der Waals surface area contributed by atoms with Gasteiger partial charge in [-0.15, -0.1) is 15.8 Å². The second-order valence-corrected chi connectivity index (χ2v) is 10.0. The van der Waals surface area contributed by atoms with E-state index in [4.69, 9.17) is 0 Å². The van der Waals surface area contributed by atoms with E-state index in [9.17, 15) is 0 Å². The maximum absolute atomic E-state index is 2.35. The molecule has 0 aliphatic carbocycles. The average molecular weight is 262 g/mol. The SMILES string of the molecule is CCCP(CCC)CCP(CCC)CCC. The third-order valence-corrected chi connectivity index (χ3v) is 9.28. The van der Waals surface area contributed by atoms with Crippen molar-refractivity contribution in [2.45, 2.75) is 53.4 Å². The highest BCUT2D eigenvalue weighted by Crippen LogP contribution is 2.44. The standard InChI is InChI=1S/C14H32P2/c1-5-9-15(10-6-2)13-14-16(11-7-3)12-8-4/h5-14H2,1-4H3. The van der Waals surface area contributed by atoms with Crippen LogP contribution in [0.3, 0.4) is 0 Å². The summed E-state index contributed by atoms with van der Waals surface area (Å²) in [5.74, 6) is 0. The summed E-state index contributed by atoms with van der Waals surface area (Å²) < 4.78 is 0. The van der Waals surface area contributed by atoms with Gasteiger partial charge in [0.2, 0.25) is 0 Å². The Kier molecular flexibility index (Phi) is 13.0. The second-order valence-electron chi connectivity index (χ2n) is 4.68. The van der Waals surface area contributed by atoms with Crippen LogP contribution in [0.15, 0.2) is 0 Å². The van der Waals surface area contributed by atoms with Crippen molar-refractivity contribution in [3.63, 3.8) is 0 Å². The van der Waals surface area contributed by atoms with Gasteiger partial charge in [-0.3, -0.25) is 0 Å². The van der Waals surface area contributed by atoms with E-state index in [1.165, 1.54) is 50.3 Å². The topological polar surface area (TPSA) is 0 Å². The fraction of sp³-hybridized carbons (Fsp3) is 1.00. The second kappa shape index (κ2) is 12.3. The highest BCUT2D eigenvalue weighted by atomic mass is 31.1. The van der Waals surface area contributed by atoms with Crippen LogP contribution in [0.4, 0.5) is 0 Å². The summed E-state index contributed by atoms with van der Waals surface area (Å²) in [5, 5.41) is 0. The first-order chi connectivity index (χ1) is 7.78. The largest absolute Gasteiger partial charge is 0.106 e. The molecule has 0 saturated heterocycles. The number of hydrogen-bond acceptors (Lipinski definition) is 0. The lowest BCUT2D eigenvalue weighted by molar-refractivity contribution is 1.04. The zero-order valence-electron chi connectivity index (χ0n) is 12.0. The van der Waals surface area contributed by atoms with E-state index in [0.29, 0.717) is 15.8 Å². The van der Waals surface area contributed by atoms with Crippen molar-refractivity contribution in [3.8, 4) is 0 Å². The number of rotatable bonds is 11. The highest BCUT2D eigenvalue weighted by molar-refractivity contribution is 7.61. The van der Waals surface area contributed by atoms with E-state index in [0.717, 1.165) is 0 Å². The summed E-state index contributed by atoms with van der Waals surface area (Å²) in [5.41, 5.74) is 0. The molecule has 0 atom stereocenters. The highest BCUT2D eigenvalue weighted by Gasteiger charge is 2.10. The van der Waals surface area contributed by atoms with Gasteiger partial charge in [-0.2, -0.15) is 0 Å². The summed E-state index contributed by atoms with van der Waals surface area (Å²) in [6, 6.07) is 0. The van der Waals surface area contributed by atoms with E-state index in [2.05, 4.69) is 27.7 Å². The van der Waals surface area contributed by atoms with Crippen molar-refractivity contribution in [2.75, 3.05) is 37.0 Å². The molecule has 0 unspecified atom stereocenters. The first-order valence-corrected chi connectivity index (χ1v) is 11.0. The van der Waals surface area contributed by atoms with Crippen molar-refractivity contribution in [1.29, 1.82) is 0 Å². The lowest BCUT2D eigenvalue weighted by atomic mass is 10.6. The minimum atomic E-state index is 0.401. The molecule has 0 aromatic rings. The Morgan fingerprint density at radius 3 is 0.875 bits per heavy atom. The van der Waals surface area contributed by atoms with E-state index in [1.807, 2.05) is 0 Å². The molecule has 16 heavy (non-hydrogen) atoms. The van der Waals surface area contributed by atoms with E-state index in [-0.39, 0.29) is 0 Å². The van der Waals surface area contributed by atoms with Crippen LogP contribution >= 0.6 is 15.8 Å². The lowest BCUT2D eigenvalue weighted by Crippen LogP contribution is -2.01. The van der Waals surface area contributed by atoms with Gasteiger partial charge < -0.3 is 0 Å². The van der Waals surface area contributed by atoms with Gasteiger partial charge in [0.15, 0.2) is 0 Å². The first kappa shape index (κ1) is 16.9. The minimum absolute atomic E-state index is 0.401. The van der Waals surface area contributed by atoms with Crippen molar-refractivity contribution >= 4 is 15.8 Å². The Morgan fingerprint density at radius 1 is 0.438 bits per heavy atom. The molecule has 0 radical (unpaired) electrons. The maximum atomic E-state index is 2.35. The summed E-state index contributed by atoms with van der Waals surface area (Å²) in [7, 11) is 0.803. The van der Waals surface area contributed by atoms with E-state index >= 15 is 0 Å². The summed E-state index contributed by atoms with van der Waals surface area (Å²) in [4.78, 5) is 0. The zero-order valence-corrected chi connectivity index (χ0v) is 13.8. The molecule has 0 rings (SSSR count). The van der Waals surface area contributed by atoms with Crippen LogP contribution < -0.4 is 0 Å². The van der Waals surface area contributed by atoms with Crippen LogP contribution in [0.5, 0.6) is 0 Å². The molecule has 0 N–H and O–H groups in total. The van der Waals surface area contributed by atoms with Crippen LogP contribution in [0, 0.1) is 0 Å². The van der Waals surface area contributed by atoms with Gasteiger partial charge in [-0.05, 0) is 37.0 Å². The van der Waals surface area contributed by atoms with Gasteiger partial charge in [0.1, 0.15) is 0 Å². The lowest BCUT2D eigenvalue weighted by Gasteiger charge is -2.21. The molecular weight excluding hydrogens is 230 g/mol. The molecule has 98 valence electrons. The third-order valence-electron chi connectivity index (χ3n) is 2.89. The molecule has 0 heterocycles. The molecule has 0 spiro atoms. The van der Waals surface area contributed by atoms with Crippen LogP contribution in [-0.2, 0) is 0 Å². The quantitative estimate of drug-likeness (QED) is 0.426. The fourth-order valence-electron chi connectivity index (χ4n) is 2.22. The Labute approximate surface area is 106 Å². The third kappa shape index (κ3) is 8.95.